The third kappa shape index (κ3) is 1.96. The molecule has 4 heterocycles. The van der Waals surface area contributed by atoms with Crippen LogP contribution in [0.5, 0.6) is 11.5 Å². The first kappa shape index (κ1) is 13.8. The van der Waals surface area contributed by atoms with E-state index in [4.69, 9.17) is 10.5 Å². The van der Waals surface area contributed by atoms with Crippen LogP contribution in [-0.2, 0) is 0 Å². The lowest BCUT2D eigenvalue weighted by molar-refractivity contribution is 0.251. The lowest BCUT2D eigenvalue weighted by Gasteiger charge is -2.19. The fraction of sp³-hybridized carbons (Fsp3) is 0.0556. The van der Waals surface area contributed by atoms with Gasteiger partial charge in [0.1, 0.15) is 17.3 Å². The molecule has 0 radical (unpaired) electrons. The molecule has 0 saturated heterocycles. The van der Waals surface area contributed by atoms with E-state index in [0.29, 0.717) is 22.8 Å². The Morgan fingerprint density at radius 1 is 1.16 bits per heavy atom. The monoisotopic (exact) mass is 331 g/mol. The third-order valence-corrected chi connectivity index (χ3v) is 4.44. The largest absolute Gasteiger partial charge is 0.508 e. The molecule has 0 fully saturated rings. The topological polar surface area (TPSA) is 110 Å². The van der Waals surface area contributed by atoms with Gasteiger partial charge in [-0.25, -0.2) is 4.98 Å². The van der Waals surface area contributed by atoms with Crippen LogP contribution >= 0.6 is 0 Å². The fourth-order valence-corrected chi connectivity index (χ4v) is 3.31. The van der Waals surface area contributed by atoms with Gasteiger partial charge in [-0.05, 0) is 23.8 Å². The first-order valence-electron chi connectivity index (χ1n) is 7.75. The molecule has 7 nitrogen and oxygen atoms in total. The summed E-state index contributed by atoms with van der Waals surface area (Å²) in [4.78, 5) is 7.34. The summed E-state index contributed by atoms with van der Waals surface area (Å²) in [6.07, 6.45) is 4.80. The van der Waals surface area contributed by atoms with Gasteiger partial charge in [-0.3, -0.25) is 0 Å². The number of phenolic OH excluding ortho intramolecular Hbond substituents is 1. The summed E-state index contributed by atoms with van der Waals surface area (Å²) >= 11 is 0. The molecule has 0 bridgehead atoms. The van der Waals surface area contributed by atoms with Gasteiger partial charge in [0, 0.05) is 28.9 Å². The van der Waals surface area contributed by atoms with Crippen LogP contribution in [0.25, 0.3) is 22.2 Å². The van der Waals surface area contributed by atoms with Crippen molar-refractivity contribution in [2.45, 2.75) is 6.10 Å². The Hall–Kier alpha value is -3.61. The lowest BCUT2D eigenvalue weighted by Crippen LogP contribution is -2.08. The summed E-state index contributed by atoms with van der Waals surface area (Å²) in [5, 5.41) is 18.7. The van der Waals surface area contributed by atoms with E-state index in [1.54, 1.807) is 30.6 Å². The molecule has 1 aromatic carbocycles. The highest BCUT2D eigenvalue weighted by molar-refractivity contribution is 6.00. The first-order chi connectivity index (χ1) is 12.2. The van der Waals surface area contributed by atoms with E-state index in [1.807, 2.05) is 18.3 Å². The van der Waals surface area contributed by atoms with Crippen LogP contribution in [0.2, 0.25) is 0 Å². The highest BCUT2D eigenvalue weighted by Crippen LogP contribution is 2.46. The van der Waals surface area contributed by atoms with E-state index in [0.717, 1.165) is 22.1 Å². The molecule has 4 aromatic rings. The van der Waals surface area contributed by atoms with Crippen molar-refractivity contribution in [2.24, 2.45) is 0 Å². The number of rotatable bonds is 1. The van der Waals surface area contributed by atoms with E-state index < -0.39 is 0 Å². The van der Waals surface area contributed by atoms with Gasteiger partial charge in [0.25, 0.3) is 0 Å². The molecule has 4 N–H and O–H groups in total. The van der Waals surface area contributed by atoms with Crippen molar-refractivity contribution in [3.05, 3.63) is 60.0 Å². The maximum Gasteiger partial charge on any atom is 0.161 e. The summed E-state index contributed by atoms with van der Waals surface area (Å²) in [6.45, 7) is 0. The van der Waals surface area contributed by atoms with Gasteiger partial charge in [0.15, 0.2) is 11.8 Å². The van der Waals surface area contributed by atoms with E-state index in [2.05, 4.69) is 20.2 Å². The summed E-state index contributed by atoms with van der Waals surface area (Å²) in [5.41, 5.74) is 10.2. The van der Waals surface area contributed by atoms with Gasteiger partial charge in [0.05, 0.1) is 11.8 Å². The third-order valence-electron chi connectivity index (χ3n) is 4.44. The summed E-state index contributed by atoms with van der Waals surface area (Å²) in [5.74, 6) is 1.22. The van der Waals surface area contributed by atoms with Gasteiger partial charge in [0.2, 0.25) is 0 Å². The van der Waals surface area contributed by atoms with E-state index >= 15 is 0 Å². The zero-order valence-electron chi connectivity index (χ0n) is 13.0. The van der Waals surface area contributed by atoms with Crippen LogP contribution in [-0.4, -0.2) is 25.3 Å². The minimum Gasteiger partial charge on any atom is -0.508 e. The zero-order chi connectivity index (χ0) is 17.0. The number of nitrogens with one attached hydrogen (secondary N) is 1. The van der Waals surface area contributed by atoms with Crippen LogP contribution in [0.15, 0.2) is 48.9 Å². The number of nitrogen functional groups attached to an aromatic ring is 1. The number of fused-ring (bicyclic) bond motifs is 2. The smallest absolute Gasteiger partial charge is 0.161 e. The molecule has 0 saturated carbocycles. The van der Waals surface area contributed by atoms with Crippen LogP contribution in [0, 0.1) is 0 Å². The van der Waals surface area contributed by atoms with Crippen LogP contribution in [0.1, 0.15) is 17.2 Å². The maximum atomic E-state index is 9.59. The quantitative estimate of drug-likeness (QED) is 0.495. The van der Waals surface area contributed by atoms with Gasteiger partial charge in [-0.2, -0.15) is 5.10 Å². The fourth-order valence-electron chi connectivity index (χ4n) is 3.31. The van der Waals surface area contributed by atoms with Gasteiger partial charge < -0.3 is 20.6 Å². The number of benzene rings is 1. The Bertz CT molecular complexity index is 1100. The maximum absolute atomic E-state index is 9.59. The van der Waals surface area contributed by atoms with Crippen LogP contribution < -0.4 is 10.5 Å². The average molecular weight is 331 g/mol. The second-order valence-electron chi connectivity index (χ2n) is 5.88. The SMILES string of the molecule is Nc1nccc2c1-c1cnnc3[nH]cc(c13)C(c1ccc(O)cc1)O2. The number of pyridine rings is 1. The predicted octanol–water partition coefficient (Wildman–Crippen LogP) is 2.79. The molecule has 25 heavy (non-hydrogen) atoms. The molecule has 7 heteroatoms. The average Bonchev–Trinajstić information content (AvgIpc) is 2.98. The number of hydrogen-bond donors (Lipinski definition) is 3. The number of aromatic amines is 1. The molecule has 122 valence electrons. The predicted molar refractivity (Wildman–Crippen MR) is 92.1 cm³/mol. The van der Waals surface area contributed by atoms with E-state index in [-0.39, 0.29) is 11.9 Å². The number of nitrogens with zero attached hydrogens (tertiary/aromatic N) is 3. The number of aromatic hydroxyl groups is 1. The van der Waals surface area contributed by atoms with Crippen molar-refractivity contribution in [2.75, 3.05) is 5.73 Å². The van der Waals surface area contributed by atoms with Gasteiger partial charge >= 0.3 is 0 Å². The summed E-state index contributed by atoms with van der Waals surface area (Å²) < 4.78 is 6.32. The standard InChI is InChI=1S/C18H13N5O2/c19-17-15-11-8-22-23-18-14(11)12(7-21-18)16(25-13(15)5-6-20-17)9-1-3-10(24)4-2-9/h1-8,16,24H,(H2,19,20)(H,21,23). The number of phenols is 1. The normalized spacial score (nSPS) is 15.4. The van der Waals surface area contributed by atoms with Crippen molar-refractivity contribution >= 4 is 16.9 Å². The molecule has 1 unspecified atom stereocenters. The van der Waals surface area contributed by atoms with Crippen molar-refractivity contribution in [1.29, 1.82) is 0 Å². The number of anilines is 1. The lowest BCUT2D eigenvalue weighted by atomic mass is 9.98. The van der Waals surface area contributed by atoms with Crippen LogP contribution in [0.3, 0.4) is 0 Å². The highest BCUT2D eigenvalue weighted by Gasteiger charge is 2.29. The number of aromatic nitrogens is 4. The molecule has 1 aliphatic rings. The van der Waals surface area contributed by atoms with Crippen molar-refractivity contribution in [1.82, 2.24) is 20.2 Å². The van der Waals surface area contributed by atoms with Gasteiger partial charge in [-0.1, -0.05) is 12.1 Å². The number of hydrogen-bond acceptors (Lipinski definition) is 6. The summed E-state index contributed by atoms with van der Waals surface area (Å²) in [6, 6.07) is 8.74. The molecule has 0 amide bonds. The second kappa shape index (κ2) is 4.94. The number of nitrogens with two attached hydrogens (primary N) is 1. The Morgan fingerprint density at radius 3 is 2.84 bits per heavy atom. The Labute approximate surface area is 142 Å². The second-order valence-corrected chi connectivity index (χ2v) is 5.88. The van der Waals surface area contributed by atoms with Crippen molar-refractivity contribution in [3.63, 3.8) is 0 Å². The molecular formula is C18H13N5O2. The van der Waals surface area contributed by atoms with Crippen molar-refractivity contribution < 1.29 is 9.84 Å². The molecule has 0 spiro atoms. The van der Waals surface area contributed by atoms with Crippen LogP contribution in [0.4, 0.5) is 5.82 Å². The minimum absolute atomic E-state index is 0.205. The molecular weight excluding hydrogens is 318 g/mol. The summed E-state index contributed by atoms with van der Waals surface area (Å²) in [7, 11) is 0. The Balaban J connectivity index is 1.85. The molecule has 1 aliphatic heterocycles. The highest BCUT2D eigenvalue weighted by atomic mass is 16.5. The minimum atomic E-state index is -0.375. The van der Waals surface area contributed by atoms with Crippen molar-refractivity contribution in [3.8, 4) is 22.6 Å². The number of ether oxygens (including phenoxy) is 1. The molecule has 0 aliphatic carbocycles. The first-order valence-corrected chi connectivity index (χ1v) is 7.75. The Kier molecular flexibility index (Phi) is 2.73. The van der Waals surface area contributed by atoms with E-state index in [1.165, 1.54) is 0 Å². The molecule has 1 atom stereocenters. The molecule has 5 rings (SSSR count). The van der Waals surface area contributed by atoms with E-state index in [9.17, 15) is 5.11 Å². The van der Waals surface area contributed by atoms with Gasteiger partial charge in [-0.15, -0.1) is 5.10 Å². The Morgan fingerprint density at radius 2 is 2.00 bits per heavy atom. The number of H-pyrrole nitrogens is 1. The zero-order valence-corrected chi connectivity index (χ0v) is 13.0. The molecule has 3 aromatic heterocycles.